The first-order chi connectivity index (χ1) is 21.6. The summed E-state index contributed by atoms with van der Waals surface area (Å²) in [6.45, 7) is 3.22. The van der Waals surface area contributed by atoms with Gasteiger partial charge in [-0.15, -0.1) is 0 Å². The number of rotatable bonds is 7. The molecule has 2 aromatic carbocycles. The van der Waals surface area contributed by atoms with Crippen molar-refractivity contribution in [3.8, 4) is 0 Å². The first-order valence-corrected chi connectivity index (χ1v) is 17.3. The lowest BCUT2D eigenvalue weighted by atomic mass is 9.76. The van der Waals surface area contributed by atoms with Crippen molar-refractivity contribution in [1.29, 1.82) is 0 Å². The lowest BCUT2D eigenvalue weighted by Gasteiger charge is -2.39. The topological polar surface area (TPSA) is 136 Å². The molecule has 2 unspecified atom stereocenters. The van der Waals surface area contributed by atoms with Crippen LogP contribution in [0.5, 0.6) is 0 Å². The van der Waals surface area contributed by atoms with E-state index < -0.39 is 47.7 Å². The van der Waals surface area contributed by atoms with Crippen LogP contribution in [0.4, 0.5) is 20.2 Å². The highest BCUT2D eigenvalue weighted by Gasteiger charge is 2.51. The number of fused-ring (bicyclic) bond motifs is 1. The maximum atomic E-state index is 14.7. The first-order valence-electron chi connectivity index (χ1n) is 14.0. The monoisotopic (exact) mass is 665 g/mol. The lowest BCUT2D eigenvalue weighted by molar-refractivity contribution is 0.525. The molecule has 0 amide bonds. The molecule has 238 valence electrons. The van der Waals surface area contributed by atoms with Gasteiger partial charge >= 0.3 is 0 Å². The van der Waals surface area contributed by atoms with Crippen LogP contribution < -0.4 is 10.9 Å². The average Bonchev–Trinajstić information content (AvgIpc) is 3.63. The molecule has 0 spiro atoms. The summed E-state index contributed by atoms with van der Waals surface area (Å²) in [6, 6.07) is 10.5. The smallest absolute Gasteiger partial charge is 0.273 e. The third-order valence-electron chi connectivity index (χ3n) is 8.48. The van der Waals surface area contributed by atoms with Crippen LogP contribution in [0.3, 0.4) is 0 Å². The van der Waals surface area contributed by atoms with E-state index in [2.05, 4.69) is 15.4 Å². The van der Waals surface area contributed by atoms with Gasteiger partial charge in [-0.2, -0.15) is 5.10 Å². The van der Waals surface area contributed by atoms with Crippen molar-refractivity contribution in [1.82, 2.24) is 18.7 Å². The third-order valence-corrected chi connectivity index (χ3v) is 12.1. The van der Waals surface area contributed by atoms with Crippen molar-refractivity contribution in [3.05, 3.63) is 124 Å². The number of aromatic amines is 1. The molecule has 6 rings (SSSR count). The van der Waals surface area contributed by atoms with Gasteiger partial charge in [0.15, 0.2) is 9.84 Å². The van der Waals surface area contributed by atoms with Crippen molar-refractivity contribution in [2.75, 3.05) is 11.6 Å². The van der Waals surface area contributed by atoms with Crippen molar-refractivity contribution in [2.24, 2.45) is 7.05 Å². The second-order valence-corrected chi connectivity index (χ2v) is 15.6. The summed E-state index contributed by atoms with van der Waals surface area (Å²) in [7, 11) is -6.35. The summed E-state index contributed by atoms with van der Waals surface area (Å²) in [5.74, 6) is -2.51. The molecular weight excluding hydrogens is 637 g/mol. The first kappa shape index (κ1) is 31.2. The number of sulfone groups is 1. The molecule has 2 N–H and O–H groups in total. The molecule has 0 bridgehead atoms. The number of benzene rings is 2. The van der Waals surface area contributed by atoms with E-state index in [0.29, 0.717) is 33.3 Å². The minimum atomic E-state index is -4.36. The van der Waals surface area contributed by atoms with Gasteiger partial charge in [0.25, 0.3) is 5.56 Å². The second-order valence-electron chi connectivity index (χ2n) is 11.4. The van der Waals surface area contributed by atoms with Gasteiger partial charge in [0.05, 0.1) is 16.8 Å². The number of hydrogen-bond acceptors (Lipinski definition) is 7. The van der Waals surface area contributed by atoms with Crippen LogP contribution >= 0.6 is 0 Å². The van der Waals surface area contributed by atoms with E-state index in [1.54, 1.807) is 57.6 Å². The van der Waals surface area contributed by atoms with E-state index in [4.69, 9.17) is 0 Å². The largest absolute Gasteiger partial charge is 0.353 e. The van der Waals surface area contributed by atoms with Crippen LogP contribution in [0, 0.1) is 11.6 Å². The SMILES string of the molecule is CC1=CC(c2cc(S(C)(=O)=O)ccc2Nc2ccc(F)cc2F)=CC(c2cnn(C)c2)C1(C)S(=O)(=O)n1ccc2cc[nH]c(=O)c21. The van der Waals surface area contributed by atoms with Gasteiger partial charge in [-0.3, -0.25) is 9.48 Å². The van der Waals surface area contributed by atoms with Crippen LogP contribution in [0.1, 0.15) is 30.9 Å². The number of halogens is 2. The second kappa shape index (κ2) is 10.9. The highest BCUT2D eigenvalue weighted by molar-refractivity contribution is 7.91. The fraction of sp³-hybridized carbons (Fsp3) is 0.188. The van der Waals surface area contributed by atoms with Crippen molar-refractivity contribution < 1.29 is 25.6 Å². The average molecular weight is 666 g/mol. The predicted molar refractivity (Wildman–Crippen MR) is 172 cm³/mol. The maximum Gasteiger partial charge on any atom is 0.273 e. The quantitative estimate of drug-likeness (QED) is 0.242. The minimum Gasteiger partial charge on any atom is -0.353 e. The zero-order valence-electron chi connectivity index (χ0n) is 25.1. The molecule has 3 heterocycles. The molecular formula is C32H29F2N5O5S2. The van der Waals surface area contributed by atoms with E-state index in [-0.39, 0.29) is 16.1 Å². The van der Waals surface area contributed by atoms with E-state index >= 15 is 0 Å². The predicted octanol–water partition coefficient (Wildman–Crippen LogP) is 5.25. The maximum absolute atomic E-state index is 14.7. The Kier molecular flexibility index (Phi) is 7.40. The normalized spacial score (nSPS) is 18.8. The molecule has 0 saturated carbocycles. The Hall–Kier alpha value is -4.82. The molecule has 1 aliphatic rings. The lowest BCUT2D eigenvalue weighted by Crippen LogP contribution is -2.46. The van der Waals surface area contributed by atoms with Crippen LogP contribution in [-0.2, 0) is 26.9 Å². The Morgan fingerprint density at radius 2 is 1.76 bits per heavy atom. The van der Waals surface area contributed by atoms with Gasteiger partial charge < -0.3 is 10.3 Å². The molecule has 46 heavy (non-hydrogen) atoms. The number of nitrogens with one attached hydrogen (secondary N) is 2. The fourth-order valence-corrected chi connectivity index (χ4v) is 8.56. The van der Waals surface area contributed by atoms with Gasteiger partial charge in [0, 0.05) is 60.5 Å². The van der Waals surface area contributed by atoms with Crippen molar-refractivity contribution >= 4 is 47.7 Å². The summed E-state index contributed by atoms with van der Waals surface area (Å²) in [4.78, 5) is 15.4. The van der Waals surface area contributed by atoms with E-state index in [0.717, 1.165) is 22.4 Å². The summed E-state index contributed by atoms with van der Waals surface area (Å²) in [6.07, 6.45) is 10.4. The van der Waals surface area contributed by atoms with Crippen LogP contribution in [0.2, 0.25) is 0 Å². The Morgan fingerprint density at radius 3 is 2.43 bits per heavy atom. The number of allylic oxidation sites excluding steroid dienone is 3. The van der Waals surface area contributed by atoms with Gasteiger partial charge in [-0.25, -0.2) is 29.6 Å². The Bertz CT molecular complexity index is 2390. The van der Waals surface area contributed by atoms with Gasteiger partial charge in [-0.05, 0) is 73.0 Å². The molecule has 2 atom stereocenters. The number of nitrogens with zero attached hydrogens (tertiary/aromatic N) is 3. The molecule has 1 aliphatic carbocycles. The summed E-state index contributed by atoms with van der Waals surface area (Å²) in [5, 5.41) is 7.65. The molecule has 3 aromatic heterocycles. The van der Waals surface area contributed by atoms with Gasteiger partial charge in [-0.1, -0.05) is 12.2 Å². The van der Waals surface area contributed by atoms with Gasteiger partial charge in [0.2, 0.25) is 10.0 Å². The number of aromatic nitrogens is 4. The standard InChI is InChI=1S/C32H29F2N5O5S2/c1-19-13-21(25-16-24(45(4,41)42)6-8-28(25)37-29-7-5-23(33)15-27(29)34)14-26(22-17-36-38(3)18-22)32(19,2)46(43,44)39-12-10-20-9-11-35-31(40)30(20)39/h5-18,26,37H,1-4H3,(H,35,40). The van der Waals surface area contributed by atoms with E-state index in [1.165, 1.54) is 41.3 Å². The third kappa shape index (κ3) is 5.07. The number of aryl methyl sites for hydroxylation is 1. The van der Waals surface area contributed by atoms with Crippen LogP contribution in [-0.4, -0.2) is 46.6 Å². The zero-order valence-corrected chi connectivity index (χ0v) is 26.7. The molecule has 14 heteroatoms. The molecule has 0 fully saturated rings. The van der Waals surface area contributed by atoms with Crippen LogP contribution in [0.15, 0.2) is 101 Å². The Morgan fingerprint density at radius 1 is 1.02 bits per heavy atom. The minimum absolute atomic E-state index is 0.0171. The highest BCUT2D eigenvalue weighted by Crippen LogP contribution is 2.49. The van der Waals surface area contributed by atoms with Crippen molar-refractivity contribution in [3.63, 3.8) is 0 Å². The molecule has 0 radical (unpaired) electrons. The Balaban J connectivity index is 1.58. The van der Waals surface area contributed by atoms with Crippen molar-refractivity contribution in [2.45, 2.75) is 29.4 Å². The van der Waals surface area contributed by atoms with E-state index in [9.17, 15) is 30.4 Å². The highest BCUT2D eigenvalue weighted by atomic mass is 32.2. The molecule has 10 nitrogen and oxygen atoms in total. The number of H-pyrrole nitrogens is 1. The summed E-state index contributed by atoms with van der Waals surface area (Å²) < 4.78 is 83.8. The molecule has 5 aromatic rings. The number of hydrogen-bond donors (Lipinski definition) is 2. The van der Waals surface area contributed by atoms with Gasteiger partial charge in [0.1, 0.15) is 21.9 Å². The van der Waals surface area contributed by atoms with E-state index in [1.807, 2.05) is 0 Å². The van der Waals surface area contributed by atoms with Crippen LogP contribution in [0.25, 0.3) is 16.5 Å². The zero-order chi connectivity index (χ0) is 33.2. The summed E-state index contributed by atoms with van der Waals surface area (Å²) >= 11 is 0. The number of anilines is 2. The Labute approximate surface area is 263 Å². The number of pyridine rings is 1. The fourth-order valence-electron chi connectivity index (χ4n) is 5.87. The molecule has 0 aliphatic heterocycles. The molecule has 0 saturated heterocycles. The summed E-state index contributed by atoms with van der Waals surface area (Å²) in [5.41, 5.74) is 1.37.